The van der Waals surface area contributed by atoms with Gasteiger partial charge in [-0.1, -0.05) is 0 Å². The molecule has 0 saturated carbocycles. The minimum Gasteiger partial charge on any atom is -0.480 e. The summed E-state index contributed by atoms with van der Waals surface area (Å²) >= 11 is 1.55. The Morgan fingerprint density at radius 3 is 2.90 bits per heavy atom. The largest absolute Gasteiger partial charge is 0.480 e. The second-order valence-corrected chi connectivity index (χ2v) is 5.21. The van der Waals surface area contributed by atoms with Crippen LogP contribution in [-0.2, 0) is 16.1 Å². The molecular weight excluding hydrogens is 280 g/mol. The van der Waals surface area contributed by atoms with Crippen LogP contribution in [0.5, 0.6) is 0 Å². The molecule has 0 aliphatic carbocycles. The molecule has 1 aromatic rings. The van der Waals surface area contributed by atoms with E-state index in [9.17, 15) is 9.59 Å². The molecule has 6 nitrogen and oxygen atoms in total. The van der Waals surface area contributed by atoms with E-state index in [-0.39, 0.29) is 5.91 Å². The van der Waals surface area contributed by atoms with Crippen LogP contribution < -0.4 is 5.32 Å². The lowest BCUT2D eigenvalue weighted by Crippen LogP contribution is -2.41. The van der Waals surface area contributed by atoms with Crippen molar-refractivity contribution in [3.8, 4) is 0 Å². The lowest BCUT2D eigenvalue weighted by molar-refractivity contribution is -0.139. The maximum absolute atomic E-state index is 12.1. The van der Waals surface area contributed by atoms with Crippen molar-refractivity contribution >= 4 is 23.6 Å². The van der Waals surface area contributed by atoms with E-state index in [2.05, 4.69) is 5.32 Å². The Labute approximate surface area is 122 Å². The molecule has 2 N–H and O–H groups in total. The first-order valence-electron chi connectivity index (χ1n) is 6.26. The van der Waals surface area contributed by atoms with Gasteiger partial charge in [0.2, 0.25) is 0 Å². The van der Waals surface area contributed by atoms with Crippen LogP contribution in [0.1, 0.15) is 16.9 Å². The SMILES string of the molecule is COCCn1cccc1C(=O)NC(CCSC)C(=O)O. The fourth-order valence-corrected chi connectivity index (χ4v) is 2.20. The highest BCUT2D eigenvalue weighted by atomic mass is 32.2. The number of nitrogens with one attached hydrogen (secondary N) is 1. The second-order valence-electron chi connectivity index (χ2n) is 4.23. The van der Waals surface area contributed by atoms with E-state index in [0.29, 0.717) is 31.0 Å². The molecule has 1 amide bonds. The van der Waals surface area contributed by atoms with Crippen LogP contribution in [-0.4, -0.2) is 53.3 Å². The van der Waals surface area contributed by atoms with Crippen molar-refractivity contribution in [3.63, 3.8) is 0 Å². The summed E-state index contributed by atoms with van der Waals surface area (Å²) in [6.07, 6.45) is 4.07. The van der Waals surface area contributed by atoms with Gasteiger partial charge in [-0.3, -0.25) is 4.79 Å². The Balaban J connectivity index is 2.68. The molecule has 1 aromatic heterocycles. The molecule has 0 aromatic carbocycles. The molecule has 0 bridgehead atoms. The van der Waals surface area contributed by atoms with Gasteiger partial charge in [-0.05, 0) is 30.6 Å². The van der Waals surface area contributed by atoms with Gasteiger partial charge in [0.15, 0.2) is 0 Å². The average molecular weight is 300 g/mol. The van der Waals surface area contributed by atoms with E-state index < -0.39 is 12.0 Å². The molecule has 1 rings (SSSR count). The van der Waals surface area contributed by atoms with Crippen molar-refractivity contribution in [2.45, 2.75) is 19.0 Å². The molecular formula is C13H20N2O4S. The van der Waals surface area contributed by atoms with Crippen LogP contribution in [0.15, 0.2) is 18.3 Å². The Bertz CT molecular complexity index is 447. The topological polar surface area (TPSA) is 80.6 Å². The summed E-state index contributed by atoms with van der Waals surface area (Å²) in [6, 6.07) is 2.56. The number of carboxylic acid groups (broad SMARTS) is 1. The van der Waals surface area contributed by atoms with Crippen molar-refractivity contribution in [1.82, 2.24) is 9.88 Å². The van der Waals surface area contributed by atoms with Crippen LogP contribution in [0, 0.1) is 0 Å². The van der Waals surface area contributed by atoms with Crippen molar-refractivity contribution in [2.24, 2.45) is 0 Å². The van der Waals surface area contributed by atoms with E-state index >= 15 is 0 Å². The normalized spacial score (nSPS) is 12.1. The third kappa shape index (κ3) is 4.90. The third-order valence-electron chi connectivity index (χ3n) is 2.81. The van der Waals surface area contributed by atoms with Gasteiger partial charge in [0, 0.05) is 19.9 Å². The molecule has 1 heterocycles. The van der Waals surface area contributed by atoms with Gasteiger partial charge in [-0.25, -0.2) is 4.79 Å². The number of aromatic nitrogens is 1. The van der Waals surface area contributed by atoms with E-state index in [1.54, 1.807) is 41.8 Å². The number of thioether (sulfide) groups is 1. The first-order valence-corrected chi connectivity index (χ1v) is 7.66. The minimum atomic E-state index is -1.01. The summed E-state index contributed by atoms with van der Waals surface area (Å²) in [5.41, 5.74) is 0.442. The van der Waals surface area contributed by atoms with E-state index in [4.69, 9.17) is 9.84 Å². The van der Waals surface area contributed by atoms with Gasteiger partial charge >= 0.3 is 5.97 Å². The minimum absolute atomic E-state index is 0.375. The Hall–Kier alpha value is -1.47. The van der Waals surface area contributed by atoms with Crippen LogP contribution in [0.4, 0.5) is 0 Å². The van der Waals surface area contributed by atoms with Crippen molar-refractivity contribution in [1.29, 1.82) is 0 Å². The number of hydrogen-bond donors (Lipinski definition) is 2. The zero-order chi connectivity index (χ0) is 15.0. The molecule has 1 atom stereocenters. The predicted octanol–water partition coefficient (Wildman–Crippen LogP) is 1.07. The second kappa shape index (κ2) is 8.65. The number of methoxy groups -OCH3 is 1. The number of carbonyl (C=O) groups is 2. The number of hydrogen-bond acceptors (Lipinski definition) is 4. The quantitative estimate of drug-likeness (QED) is 0.713. The Kier molecular flexibility index (Phi) is 7.17. The monoisotopic (exact) mass is 300 g/mol. The molecule has 0 aliphatic rings. The van der Waals surface area contributed by atoms with Gasteiger partial charge < -0.3 is 19.7 Å². The predicted molar refractivity (Wildman–Crippen MR) is 78.2 cm³/mol. The average Bonchev–Trinajstić information content (AvgIpc) is 2.89. The van der Waals surface area contributed by atoms with Crippen LogP contribution in [0.25, 0.3) is 0 Å². The summed E-state index contributed by atoms with van der Waals surface area (Å²) < 4.78 is 6.72. The van der Waals surface area contributed by atoms with Crippen LogP contribution in [0.2, 0.25) is 0 Å². The van der Waals surface area contributed by atoms with Gasteiger partial charge in [0.25, 0.3) is 5.91 Å². The lowest BCUT2D eigenvalue weighted by atomic mass is 10.2. The highest BCUT2D eigenvalue weighted by molar-refractivity contribution is 7.98. The maximum Gasteiger partial charge on any atom is 0.326 e. The summed E-state index contributed by atoms with van der Waals surface area (Å²) in [4.78, 5) is 23.2. The van der Waals surface area contributed by atoms with Gasteiger partial charge in [0.05, 0.1) is 6.61 Å². The van der Waals surface area contributed by atoms with Crippen molar-refractivity contribution in [2.75, 3.05) is 25.7 Å². The standard InChI is InChI=1S/C13H20N2O4S/c1-19-8-7-15-6-3-4-11(15)12(16)14-10(13(17)18)5-9-20-2/h3-4,6,10H,5,7-9H2,1-2H3,(H,14,16)(H,17,18). The molecule has 0 radical (unpaired) electrons. The molecule has 0 saturated heterocycles. The molecule has 20 heavy (non-hydrogen) atoms. The van der Waals surface area contributed by atoms with E-state index in [0.717, 1.165) is 0 Å². The lowest BCUT2D eigenvalue weighted by Gasteiger charge is -2.15. The summed E-state index contributed by atoms with van der Waals surface area (Å²) in [5.74, 6) is -0.705. The Morgan fingerprint density at radius 1 is 1.55 bits per heavy atom. The number of ether oxygens (including phenoxy) is 1. The highest BCUT2D eigenvalue weighted by Crippen LogP contribution is 2.06. The first-order chi connectivity index (χ1) is 9.60. The van der Waals surface area contributed by atoms with Gasteiger partial charge in [-0.2, -0.15) is 11.8 Å². The number of aliphatic carboxylic acids is 1. The van der Waals surface area contributed by atoms with E-state index in [1.165, 1.54) is 0 Å². The number of rotatable bonds is 9. The molecule has 0 aliphatic heterocycles. The number of carboxylic acids is 1. The summed E-state index contributed by atoms with van der Waals surface area (Å²) in [7, 11) is 1.59. The van der Waals surface area contributed by atoms with Crippen LogP contribution in [0.3, 0.4) is 0 Å². The third-order valence-corrected chi connectivity index (χ3v) is 3.46. The van der Waals surface area contributed by atoms with Gasteiger partial charge in [0.1, 0.15) is 11.7 Å². The van der Waals surface area contributed by atoms with Crippen molar-refractivity contribution in [3.05, 3.63) is 24.0 Å². The molecule has 0 spiro atoms. The number of amides is 1. The smallest absolute Gasteiger partial charge is 0.326 e. The zero-order valence-electron chi connectivity index (χ0n) is 11.7. The zero-order valence-corrected chi connectivity index (χ0v) is 12.5. The Morgan fingerprint density at radius 2 is 2.30 bits per heavy atom. The van der Waals surface area contributed by atoms with Gasteiger partial charge in [-0.15, -0.1) is 0 Å². The number of nitrogens with zero attached hydrogens (tertiary/aromatic N) is 1. The molecule has 112 valence electrons. The summed E-state index contributed by atoms with van der Waals surface area (Å²) in [6.45, 7) is 1.04. The fourth-order valence-electron chi connectivity index (χ4n) is 1.73. The van der Waals surface area contributed by atoms with Crippen LogP contribution >= 0.6 is 11.8 Å². The first kappa shape index (κ1) is 16.6. The molecule has 0 fully saturated rings. The van der Waals surface area contributed by atoms with Crippen molar-refractivity contribution < 1.29 is 19.4 Å². The van der Waals surface area contributed by atoms with E-state index in [1.807, 2.05) is 6.26 Å². The molecule has 1 unspecified atom stereocenters. The molecule has 7 heteroatoms. The summed E-state index contributed by atoms with van der Waals surface area (Å²) in [5, 5.41) is 11.7. The maximum atomic E-state index is 12.1. The number of carbonyl (C=O) groups excluding carboxylic acids is 1. The fraction of sp³-hybridized carbons (Fsp3) is 0.538. The highest BCUT2D eigenvalue weighted by Gasteiger charge is 2.21.